The molecule has 0 aliphatic carbocycles. The Morgan fingerprint density at radius 2 is 1.86 bits per heavy atom. The molecular formula is C18H19NO2. The molecule has 108 valence electrons. The van der Waals surface area contributed by atoms with E-state index in [1.54, 1.807) is 6.92 Å². The first-order chi connectivity index (χ1) is 10.1. The van der Waals surface area contributed by atoms with Gasteiger partial charge in [0.05, 0.1) is 0 Å². The Morgan fingerprint density at radius 3 is 2.57 bits per heavy atom. The molecule has 0 spiro atoms. The van der Waals surface area contributed by atoms with Crippen LogP contribution in [0.3, 0.4) is 0 Å². The summed E-state index contributed by atoms with van der Waals surface area (Å²) < 4.78 is 0. The van der Waals surface area contributed by atoms with E-state index >= 15 is 0 Å². The number of rotatable bonds is 2. The number of aryl methyl sites for hydroxylation is 1. The Morgan fingerprint density at radius 1 is 1.14 bits per heavy atom. The van der Waals surface area contributed by atoms with Crippen molar-refractivity contribution in [1.82, 2.24) is 4.90 Å². The predicted octanol–water partition coefficient (Wildman–Crippen LogP) is 2.94. The molecule has 3 nitrogen and oxygen atoms in total. The van der Waals surface area contributed by atoms with Gasteiger partial charge in [-0.05, 0) is 34.7 Å². The second kappa shape index (κ2) is 5.34. The molecular weight excluding hydrogens is 262 g/mol. The molecule has 3 rings (SSSR count). The first-order valence-electron chi connectivity index (χ1n) is 7.17. The van der Waals surface area contributed by atoms with Gasteiger partial charge in [-0.1, -0.05) is 42.5 Å². The van der Waals surface area contributed by atoms with Crippen LogP contribution in [0.25, 0.3) is 0 Å². The Balaban J connectivity index is 1.91. The monoisotopic (exact) mass is 281 g/mol. The van der Waals surface area contributed by atoms with Gasteiger partial charge in [-0.15, -0.1) is 0 Å². The Labute approximate surface area is 124 Å². The van der Waals surface area contributed by atoms with Crippen molar-refractivity contribution in [3.05, 3.63) is 70.3 Å². The molecule has 1 unspecified atom stereocenters. The first-order valence-corrected chi connectivity index (χ1v) is 7.17. The smallest absolute Gasteiger partial charge is 0.220 e. The fraction of sp³-hybridized carbons (Fsp3) is 0.278. The number of fused-ring (bicyclic) bond motifs is 1. The largest absolute Gasteiger partial charge is 0.384 e. The molecule has 1 aliphatic heterocycles. The van der Waals surface area contributed by atoms with E-state index in [0.29, 0.717) is 13.1 Å². The minimum absolute atomic E-state index is 0.0900. The zero-order valence-corrected chi connectivity index (χ0v) is 12.3. The van der Waals surface area contributed by atoms with Crippen LogP contribution >= 0.6 is 0 Å². The SMILES string of the molecule is CC(=O)N1Cc2ccc(C(O)c3ccccc3C)cc2C1. The number of aliphatic hydroxyl groups excluding tert-OH is 1. The quantitative estimate of drug-likeness (QED) is 0.919. The van der Waals surface area contributed by atoms with Gasteiger partial charge in [-0.2, -0.15) is 0 Å². The van der Waals surface area contributed by atoms with Gasteiger partial charge in [0.1, 0.15) is 6.10 Å². The summed E-state index contributed by atoms with van der Waals surface area (Å²) in [6, 6.07) is 13.9. The zero-order valence-electron chi connectivity index (χ0n) is 12.3. The van der Waals surface area contributed by atoms with Crippen LogP contribution in [0.5, 0.6) is 0 Å². The topological polar surface area (TPSA) is 40.5 Å². The Kier molecular flexibility index (Phi) is 3.52. The van der Waals surface area contributed by atoms with Crippen LogP contribution in [0, 0.1) is 6.92 Å². The maximum atomic E-state index is 11.5. The summed E-state index contributed by atoms with van der Waals surface area (Å²) in [5, 5.41) is 10.6. The van der Waals surface area contributed by atoms with Gasteiger partial charge in [-0.25, -0.2) is 0 Å². The van der Waals surface area contributed by atoms with Gasteiger partial charge >= 0.3 is 0 Å². The number of nitrogens with zero attached hydrogens (tertiary/aromatic N) is 1. The van der Waals surface area contributed by atoms with E-state index in [9.17, 15) is 9.90 Å². The third-order valence-electron chi connectivity index (χ3n) is 4.20. The third-order valence-corrected chi connectivity index (χ3v) is 4.20. The summed E-state index contributed by atoms with van der Waals surface area (Å²) in [7, 11) is 0. The lowest BCUT2D eigenvalue weighted by Crippen LogP contribution is -2.21. The van der Waals surface area contributed by atoms with Gasteiger partial charge in [0.25, 0.3) is 0 Å². The summed E-state index contributed by atoms with van der Waals surface area (Å²) in [6.45, 7) is 4.91. The molecule has 1 aliphatic rings. The number of hydrogen-bond donors (Lipinski definition) is 1. The van der Waals surface area contributed by atoms with Crippen LogP contribution in [0.2, 0.25) is 0 Å². The van der Waals surface area contributed by atoms with Crippen LogP contribution < -0.4 is 0 Å². The fourth-order valence-corrected chi connectivity index (χ4v) is 2.88. The van der Waals surface area contributed by atoms with Gasteiger partial charge in [0.15, 0.2) is 0 Å². The molecule has 0 bridgehead atoms. The number of aliphatic hydroxyl groups is 1. The van der Waals surface area contributed by atoms with Gasteiger partial charge in [0, 0.05) is 20.0 Å². The minimum atomic E-state index is -0.622. The average Bonchev–Trinajstić information content (AvgIpc) is 2.90. The lowest BCUT2D eigenvalue weighted by Gasteiger charge is -2.15. The number of carbonyl (C=O) groups excluding carboxylic acids is 1. The van der Waals surface area contributed by atoms with Crippen molar-refractivity contribution in [2.45, 2.75) is 33.0 Å². The van der Waals surface area contributed by atoms with Crippen molar-refractivity contribution in [3.63, 3.8) is 0 Å². The number of amides is 1. The van der Waals surface area contributed by atoms with Crippen LogP contribution in [-0.2, 0) is 17.9 Å². The van der Waals surface area contributed by atoms with Crippen LogP contribution in [-0.4, -0.2) is 15.9 Å². The molecule has 1 amide bonds. The molecule has 1 heterocycles. The predicted molar refractivity (Wildman–Crippen MR) is 81.6 cm³/mol. The second-order valence-corrected chi connectivity index (χ2v) is 5.66. The highest BCUT2D eigenvalue weighted by atomic mass is 16.3. The van der Waals surface area contributed by atoms with Crippen molar-refractivity contribution in [2.75, 3.05) is 0 Å². The van der Waals surface area contributed by atoms with E-state index in [4.69, 9.17) is 0 Å². The summed E-state index contributed by atoms with van der Waals surface area (Å²) >= 11 is 0. The molecule has 2 aromatic carbocycles. The van der Waals surface area contributed by atoms with Crippen molar-refractivity contribution in [2.24, 2.45) is 0 Å². The van der Waals surface area contributed by atoms with Crippen molar-refractivity contribution in [3.8, 4) is 0 Å². The lowest BCUT2D eigenvalue weighted by atomic mass is 9.95. The second-order valence-electron chi connectivity index (χ2n) is 5.66. The molecule has 0 fully saturated rings. The summed E-state index contributed by atoms with van der Waals surface area (Å²) in [5.41, 5.74) is 5.20. The average molecular weight is 281 g/mol. The molecule has 0 aromatic heterocycles. The standard InChI is InChI=1S/C18H19NO2/c1-12-5-3-4-6-17(12)18(21)14-7-8-15-10-19(13(2)20)11-16(15)9-14/h3-9,18,21H,10-11H2,1-2H3. The number of carbonyl (C=O) groups is 1. The fourth-order valence-electron chi connectivity index (χ4n) is 2.88. The van der Waals surface area contributed by atoms with Crippen molar-refractivity contribution in [1.29, 1.82) is 0 Å². The Bertz CT molecular complexity index is 693. The highest BCUT2D eigenvalue weighted by molar-refractivity contribution is 5.74. The summed E-state index contributed by atoms with van der Waals surface area (Å²) in [5.74, 6) is 0.0900. The van der Waals surface area contributed by atoms with Crippen molar-refractivity contribution >= 4 is 5.91 Å². The number of hydrogen-bond acceptors (Lipinski definition) is 2. The van der Waals surface area contributed by atoms with E-state index in [1.165, 1.54) is 5.56 Å². The van der Waals surface area contributed by atoms with Crippen molar-refractivity contribution < 1.29 is 9.90 Å². The highest BCUT2D eigenvalue weighted by Gasteiger charge is 2.22. The third kappa shape index (κ3) is 2.57. The molecule has 0 saturated carbocycles. The molecule has 21 heavy (non-hydrogen) atoms. The lowest BCUT2D eigenvalue weighted by molar-refractivity contribution is -0.129. The molecule has 1 N–H and O–H groups in total. The molecule has 1 atom stereocenters. The van der Waals surface area contributed by atoms with Crippen LogP contribution in [0.1, 0.15) is 40.8 Å². The maximum absolute atomic E-state index is 11.5. The molecule has 2 aromatic rings. The first kappa shape index (κ1) is 13.8. The van der Waals surface area contributed by atoms with Crippen LogP contribution in [0.4, 0.5) is 0 Å². The zero-order chi connectivity index (χ0) is 15.0. The van der Waals surface area contributed by atoms with Gasteiger partial charge in [-0.3, -0.25) is 4.79 Å². The molecule has 0 saturated heterocycles. The maximum Gasteiger partial charge on any atom is 0.220 e. The van der Waals surface area contributed by atoms with E-state index < -0.39 is 6.10 Å². The highest BCUT2D eigenvalue weighted by Crippen LogP contribution is 2.29. The van der Waals surface area contributed by atoms with Crippen LogP contribution in [0.15, 0.2) is 42.5 Å². The van der Waals surface area contributed by atoms with E-state index in [2.05, 4.69) is 0 Å². The number of benzene rings is 2. The van der Waals surface area contributed by atoms with Gasteiger partial charge < -0.3 is 10.0 Å². The molecule has 0 radical (unpaired) electrons. The Hall–Kier alpha value is -2.13. The van der Waals surface area contributed by atoms with E-state index in [1.807, 2.05) is 54.3 Å². The van der Waals surface area contributed by atoms with Gasteiger partial charge in [0.2, 0.25) is 5.91 Å². The summed E-state index contributed by atoms with van der Waals surface area (Å²) in [6.07, 6.45) is -0.622. The van der Waals surface area contributed by atoms with E-state index in [-0.39, 0.29) is 5.91 Å². The normalized spacial score (nSPS) is 14.9. The summed E-state index contributed by atoms with van der Waals surface area (Å²) in [4.78, 5) is 13.3. The minimum Gasteiger partial charge on any atom is -0.384 e. The van der Waals surface area contributed by atoms with E-state index in [0.717, 1.165) is 22.3 Å². The molecule has 3 heteroatoms.